The minimum absolute atomic E-state index is 0.0335. The number of aliphatic hydroxyl groups is 1. The lowest BCUT2D eigenvalue weighted by atomic mass is 9.93. The Morgan fingerprint density at radius 1 is 1.14 bits per heavy atom. The molecule has 8 heteroatoms. The average Bonchev–Trinajstić information content (AvgIpc) is 3.09. The fourth-order valence-electron chi connectivity index (χ4n) is 4.50. The summed E-state index contributed by atoms with van der Waals surface area (Å²) in [5.41, 5.74) is 2.83. The van der Waals surface area contributed by atoms with Crippen LogP contribution < -0.4 is 4.74 Å². The van der Waals surface area contributed by atoms with Gasteiger partial charge in [0.1, 0.15) is 5.76 Å². The molecule has 3 rings (SSSR count). The van der Waals surface area contributed by atoms with E-state index in [1.54, 1.807) is 12.1 Å². The summed E-state index contributed by atoms with van der Waals surface area (Å²) in [6.07, 6.45) is 0.672. The Kier molecular flexibility index (Phi) is 8.61. The normalized spacial score (nSPS) is 17.5. The van der Waals surface area contributed by atoms with Crippen molar-refractivity contribution in [2.24, 2.45) is 0 Å². The molecule has 1 aliphatic rings. The summed E-state index contributed by atoms with van der Waals surface area (Å²) in [5.74, 6) is -1.45. The van der Waals surface area contributed by atoms with Crippen LogP contribution in [0.1, 0.15) is 48.6 Å². The average molecular weight is 545 g/mol. The molecule has 0 saturated carbocycles. The third kappa shape index (κ3) is 5.38. The number of hydrogen-bond acceptors (Lipinski definition) is 6. The van der Waals surface area contributed by atoms with Crippen LogP contribution in [-0.2, 0) is 9.59 Å². The molecule has 2 aromatic carbocycles. The van der Waals surface area contributed by atoms with E-state index in [1.807, 2.05) is 32.0 Å². The number of Topliss-reactive ketones (excluding diaryl/α,β-unsaturated/α-hetero) is 1. The summed E-state index contributed by atoms with van der Waals surface area (Å²) >= 11 is 3.34. The van der Waals surface area contributed by atoms with E-state index >= 15 is 0 Å². The molecule has 0 aliphatic carbocycles. The van der Waals surface area contributed by atoms with Crippen LogP contribution in [0.4, 0.5) is 0 Å². The maximum Gasteiger partial charge on any atom is 0.295 e. The number of halogens is 1. The summed E-state index contributed by atoms with van der Waals surface area (Å²) in [4.78, 5) is 30.3. The highest BCUT2D eigenvalue weighted by Gasteiger charge is 2.46. The molecule has 7 nitrogen and oxygen atoms in total. The molecular formula is C27H33BrN2O5. The molecule has 35 heavy (non-hydrogen) atoms. The second kappa shape index (κ2) is 11.3. The van der Waals surface area contributed by atoms with Crippen molar-refractivity contribution in [1.82, 2.24) is 9.80 Å². The number of amides is 1. The highest BCUT2D eigenvalue weighted by Crippen LogP contribution is 2.44. The summed E-state index contributed by atoms with van der Waals surface area (Å²) in [7, 11) is 1.43. The predicted octanol–water partition coefficient (Wildman–Crippen LogP) is 4.93. The van der Waals surface area contributed by atoms with Gasteiger partial charge in [-0.1, -0.05) is 31.5 Å². The Morgan fingerprint density at radius 2 is 1.83 bits per heavy atom. The lowest BCUT2D eigenvalue weighted by Gasteiger charge is -2.27. The van der Waals surface area contributed by atoms with E-state index in [0.717, 1.165) is 30.8 Å². The third-order valence-corrected chi connectivity index (χ3v) is 7.15. The molecule has 0 aromatic heterocycles. The van der Waals surface area contributed by atoms with Crippen molar-refractivity contribution in [3.8, 4) is 11.5 Å². The van der Waals surface area contributed by atoms with E-state index in [9.17, 15) is 19.8 Å². The molecule has 0 bridgehead atoms. The van der Waals surface area contributed by atoms with E-state index in [2.05, 4.69) is 34.7 Å². The summed E-state index contributed by atoms with van der Waals surface area (Å²) in [5, 5.41) is 21.7. The van der Waals surface area contributed by atoms with Crippen molar-refractivity contribution in [1.29, 1.82) is 0 Å². The number of phenols is 1. The van der Waals surface area contributed by atoms with Gasteiger partial charge in [-0.3, -0.25) is 9.59 Å². The zero-order chi connectivity index (χ0) is 25.9. The SMILES string of the molecule is CCN(CC)CCCN1C(=O)C(=O)C(=C(O)c2cc(C)ccc2C)C1c1cc(Br)c(O)c(OC)c1. The van der Waals surface area contributed by atoms with Crippen LogP contribution in [0.2, 0.25) is 0 Å². The van der Waals surface area contributed by atoms with Crippen LogP contribution in [0.25, 0.3) is 5.76 Å². The van der Waals surface area contributed by atoms with Crippen molar-refractivity contribution in [3.05, 3.63) is 62.6 Å². The van der Waals surface area contributed by atoms with Gasteiger partial charge in [-0.05, 0) is 85.2 Å². The standard InChI is InChI=1S/C27H33BrN2O5/c1-6-29(7-2)11-8-12-30-23(18-14-20(28)25(32)21(15-18)35-5)22(26(33)27(30)34)24(31)19-13-16(3)9-10-17(19)4/h9-10,13-15,23,31-32H,6-8,11-12H2,1-5H3. The fraction of sp³-hybridized carbons (Fsp3) is 0.407. The van der Waals surface area contributed by atoms with Gasteiger partial charge in [-0.25, -0.2) is 0 Å². The number of methoxy groups -OCH3 is 1. The van der Waals surface area contributed by atoms with Gasteiger partial charge in [-0.15, -0.1) is 0 Å². The van der Waals surface area contributed by atoms with E-state index < -0.39 is 17.7 Å². The van der Waals surface area contributed by atoms with Gasteiger partial charge in [-0.2, -0.15) is 0 Å². The lowest BCUT2D eigenvalue weighted by molar-refractivity contribution is -0.140. The molecule has 1 heterocycles. The summed E-state index contributed by atoms with van der Waals surface area (Å²) < 4.78 is 5.69. The summed E-state index contributed by atoms with van der Waals surface area (Å²) in [6, 6.07) is 8.05. The number of aliphatic hydroxyl groups excluding tert-OH is 1. The number of likely N-dealkylation sites (tertiary alicyclic amines) is 1. The highest BCUT2D eigenvalue weighted by molar-refractivity contribution is 9.10. The van der Waals surface area contributed by atoms with Gasteiger partial charge in [0.15, 0.2) is 11.5 Å². The molecule has 1 unspecified atom stereocenters. The molecule has 2 N–H and O–H groups in total. The van der Waals surface area contributed by atoms with Crippen molar-refractivity contribution in [2.75, 3.05) is 33.3 Å². The number of benzene rings is 2. The van der Waals surface area contributed by atoms with E-state index in [-0.39, 0.29) is 22.8 Å². The first-order valence-electron chi connectivity index (χ1n) is 11.8. The molecule has 1 atom stereocenters. The molecule has 1 saturated heterocycles. The number of hydrogen-bond donors (Lipinski definition) is 2. The first kappa shape index (κ1) is 26.8. The number of aryl methyl sites for hydroxylation is 2. The molecule has 1 aliphatic heterocycles. The van der Waals surface area contributed by atoms with Gasteiger partial charge in [0.25, 0.3) is 11.7 Å². The molecule has 1 amide bonds. The fourth-order valence-corrected chi connectivity index (χ4v) is 4.96. The predicted molar refractivity (Wildman–Crippen MR) is 140 cm³/mol. The van der Waals surface area contributed by atoms with E-state index in [0.29, 0.717) is 28.6 Å². The van der Waals surface area contributed by atoms with Crippen LogP contribution in [-0.4, -0.2) is 65.0 Å². The van der Waals surface area contributed by atoms with Crippen molar-refractivity contribution < 1.29 is 24.5 Å². The van der Waals surface area contributed by atoms with E-state index in [4.69, 9.17) is 4.74 Å². The second-order valence-corrected chi connectivity index (χ2v) is 9.60. The molecule has 0 spiro atoms. The largest absolute Gasteiger partial charge is 0.507 e. The Hall–Kier alpha value is -2.84. The van der Waals surface area contributed by atoms with Gasteiger partial charge in [0, 0.05) is 12.1 Å². The topological polar surface area (TPSA) is 90.3 Å². The van der Waals surface area contributed by atoms with Crippen molar-refractivity contribution >= 4 is 33.4 Å². The highest BCUT2D eigenvalue weighted by atomic mass is 79.9. The minimum Gasteiger partial charge on any atom is -0.507 e. The van der Waals surface area contributed by atoms with Crippen molar-refractivity contribution in [3.63, 3.8) is 0 Å². The van der Waals surface area contributed by atoms with Gasteiger partial charge in [0.2, 0.25) is 0 Å². The molecule has 1 fully saturated rings. The Labute approximate surface area is 215 Å². The number of carbonyl (C=O) groups is 2. The lowest BCUT2D eigenvalue weighted by Crippen LogP contribution is -2.33. The van der Waals surface area contributed by atoms with Crippen LogP contribution in [0.3, 0.4) is 0 Å². The summed E-state index contributed by atoms with van der Waals surface area (Å²) in [6.45, 7) is 10.8. The quantitative estimate of drug-likeness (QED) is 0.264. The van der Waals surface area contributed by atoms with E-state index in [1.165, 1.54) is 12.0 Å². The molecular weight excluding hydrogens is 512 g/mol. The number of nitrogens with zero attached hydrogens (tertiary/aromatic N) is 2. The van der Waals surface area contributed by atoms with Crippen LogP contribution >= 0.6 is 15.9 Å². The second-order valence-electron chi connectivity index (χ2n) is 8.74. The van der Waals surface area contributed by atoms with Gasteiger partial charge in [0.05, 0.1) is 23.2 Å². The zero-order valence-corrected chi connectivity index (χ0v) is 22.5. The Bertz CT molecular complexity index is 1160. The Morgan fingerprint density at radius 3 is 2.46 bits per heavy atom. The molecule has 188 valence electrons. The number of ketones is 1. The number of carbonyl (C=O) groups excluding carboxylic acids is 2. The zero-order valence-electron chi connectivity index (χ0n) is 20.9. The number of rotatable bonds is 9. The van der Waals surface area contributed by atoms with Crippen LogP contribution in [0, 0.1) is 13.8 Å². The maximum absolute atomic E-state index is 13.3. The molecule has 0 radical (unpaired) electrons. The van der Waals surface area contributed by atoms with Gasteiger partial charge < -0.3 is 24.7 Å². The first-order chi connectivity index (χ1) is 16.6. The van der Waals surface area contributed by atoms with Crippen LogP contribution in [0.15, 0.2) is 40.4 Å². The van der Waals surface area contributed by atoms with Crippen LogP contribution in [0.5, 0.6) is 11.5 Å². The minimum atomic E-state index is -0.822. The first-order valence-corrected chi connectivity index (χ1v) is 12.6. The number of aromatic hydroxyl groups is 1. The maximum atomic E-state index is 13.3. The molecule has 2 aromatic rings. The van der Waals surface area contributed by atoms with Gasteiger partial charge >= 0.3 is 0 Å². The monoisotopic (exact) mass is 544 g/mol. The van der Waals surface area contributed by atoms with Crippen molar-refractivity contribution in [2.45, 2.75) is 40.2 Å². The Balaban J connectivity index is 2.16. The number of ether oxygens (including phenoxy) is 1. The smallest absolute Gasteiger partial charge is 0.295 e. The number of phenolic OH excluding ortho intramolecular Hbond substituents is 1. The third-order valence-electron chi connectivity index (χ3n) is 6.54.